The quantitative estimate of drug-likeness (QED) is 0.784. The van der Waals surface area contributed by atoms with Gasteiger partial charge in [0.05, 0.1) is 0 Å². The van der Waals surface area contributed by atoms with Crippen molar-refractivity contribution in [2.45, 2.75) is 43.8 Å². The Hall–Kier alpha value is -1.31. The topological polar surface area (TPSA) is 87.6 Å². The molecule has 0 radical (unpaired) electrons. The second-order valence-corrected chi connectivity index (χ2v) is 6.61. The molecule has 3 heterocycles. The number of rotatable bonds is 5. The smallest absolute Gasteiger partial charge is 0.407 e. The highest BCUT2D eigenvalue weighted by atomic mass is 35.5. The third kappa shape index (κ3) is 3.79. The lowest BCUT2D eigenvalue weighted by atomic mass is 9.98. The summed E-state index contributed by atoms with van der Waals surface area (Å²) in [4.78, 5) is 12.9. The summed E-state index contributed by atoms with van der Waals surface area (Å²) in [5, 5.41) is 20.4. The fraction of sp³-hybridized carbons (Fsp3) is 0.643. The number of carbonyl (C=O) groups is 1. The molecule has 0 spiro atoms. The normalized spacial score (nSPS) is 26.3. The van der Waals surface area contributed by atoms with E-state index in [1.807, 2.05) is 0 Å². The molecule has 9 heteroatoms. The number of amides is 1. The lowest BCUT2D eigenvalue weighted by molar-refractivity contribution is 0.0914. The number of nitrogens with one attached hydrogen (secondary N) is 1. The molecule has 0 aromatic carbocycles. The molecule has 2 saturated heterocycles. The first-order chi connectivity index (χ1) is 11.0. The molecule has 2 fully saturated rings. The number of hydrogen-bond donors (Lipinski definition) is 2. The van der Waals surface area contributed by atoms with E-state index in [0.717, 1.165) is 25.7 Å². The number of hydrogen-bond acceptors (Lipinski definition) is 5. The second kappa shape index (κ2) is 7.07. The van der Waals surface area contributed by atoms with E-state index in [1.54, 1.807) is 4.90 Å². The van der Waals surface area contributed by atoms with Gasteiger partial charge in [0.25, 0.3) is 0 Å². The van der Waals surface area contributed by atoms with E-state index < -0.39 is 6.09 Å². The Kier molecular flexibility index (Phi) is 5.08. The van der Waals surface area contributed by atoms with Gasteiger partial charge in [0.15, 0.2) is 16.1 Å². The van der Waals surface area contributed by atoms with Crippen molar-refractivity contribution in [3.8, 4) is 5.75 Å². The Morgan fingerprint density at radius 1 is 1.35 bits per heavy atom. The van der Waals surface area contributed by atoms with Crippen LogP contribution in [0.2, 0.25) is 10.3 Å². The molecule has 1 aromatic heterocycles. The Labute approximate surface area is 143 Å². The van der Waals surface area contributed by atoms with Crippen LogP contribution in [0.25, 0.3) is 0 Å². The van der Waals surface area contributed by atoms with Gasteiger partial charge in [-0.25, -0.2) is 4.79 Å². The molecular weight excluding hydrogens is 343 g/mol. The number of ether oxygens (including phenoxy) is 1. The third-order valence-corrected chi connectivity index (χ3v) is 4.88. The first-order valence-corrected chi connectivity index (χ1v) is 8.36. The monoisotopic (exact) mass is 360 g/mol. The first-order valence-electron chi connectivity index (χ1n) is 7.60. The minimum atomic E-state index is -0.795. The van der Waals surface area contributed by atoms with Gasteiger partial charge in [-0.3, -0.25) is 0 Å². The summed E-state index contributed by atoms with van der Waals surface area (Å²) in [5.74, 6) is 0.411. The summed E-state index contributed by atoms with van der Waals surface area (Å²) in [6.45, 7) is 1.07. The van der Waals surface area contributed by atoms with Crippen LogP contribution < -0.4 is 10.1 Å². The minimum absolute atomic E-state index is 0.141. The van der Waals surface area contributed by atoms with E-state index in [0.29, 0.717) is 24.9 Å². The van der Waals surface area contributed by atoms with Crippen LogP contribution in [0.4, 0.5) is 4.79 Å². The van der Waals surface area contributed by atoms with Crippen molar-refractivity contribution >= 4 is 29.3 Å². The van der Waals surface area contributed by atoms with Gasteiger partial charge in [0, 0.05) is 30.7 Å². The van der Waals surface area contributed by atoms with Crippen LogP contribution in [0.5, 0.6) is 5.75 Å². The zero-order chi connectivity index (χ0) is 16.4. The van der Waals surface area contributed by atoms with Gasteiger partial charge >= 0.3 is 6.09 Å². The zero-order valence-electron chi connectivity index (χ0n) is 12.4. The number of aromatic nitrogens is 2. The molecule has 3 rings (SSSR count). The molecule has 2 bridgehead atoms. The molecule has 2 aliphatic rings. The van der Waals surface area contributed by atoms with E-state index in [9.17, 15) is 9.90 Å². The number of carboxylic acid groups (broad SMARTS) is 1. The van der Waals surface area contributed by atoms with Crippen LogP contribution in [-0.4, -0.2) is 57.6 Å². The first kappa shape index (κ1) is 16.5. The van der Waals surface area contributed by atoms with Gasteiger partial charge in [0.1, 0.15) is 6.61 Å². The summed E-state index contributed by atoms with van der Waals surface area (Å²) in [5.41, 5.74) is 0. The molecule has 2 aliphatic heterocycles. The maximum Gasteiger partial charge on any atom is 0.407 e. The highest BCUT2D eigenvalue weighted by molar-refractivity contribution is 6.32. The minimum Gasteiger partial charge on any atom is -0.489 e. The molecule has 0 aliphatic carbocycles. The predicted molar refractivity (Wildman–Crippen MR) is 85.2 cm³/mol. The fourth-order valence-electron chi connectivity index (χ4n) is 3.52. The standard InChI is InChI=1S/C14H18Cl2N4O3/c15-12-7-11(13(16)19-18-12)23-4-3-17-8-5-9-1-2-10(6-8)20(9)14(21)22/h7-10,17H,1-6H2,(H,21,22)/t8-,9-,10+. The summed E-state index contributed by atoms with van der Waals surface area (Å²) in [7, 11) is 0. The number of halogens is 2. The molecule has 23 heavy (non-hydrogen) atoms. The van der Waals surface area contributed by atoms with E-state index in [1.165, 1.54) is 6.07 Å². The number of piperidine rings is 1. The molecule has 1 amide bonds. The van der Waals surface area contributed by atoms with Crippen LogP contribution in [0.15, 0.2) is 6.07 Å². The molecule has 1 aromatic rings. The predicted octanol–water partition coefficient (Wildman–Crippen LogP) is 2.43. The Balaban J connectivity index is 1.44. The SMILES string of the molecule is O=C(O)N1[C@@H]2CC[C@H]1C[C@H](NCCOc1cc(Cl)nnc1Cl)C2. The van der Waals surface area contributed by atoms with Crippen LogP contribution in [0, 0.1) is 0 Å². The van der Waals surface area contributed by atoms with Gasteiger partial charge < -0.3 is 20.1 Å². The number of nitrogens with zero attached hydrogens (tertiary/aromatic N) is 3. The largest absolute Gasteiger partial charge is 0.489 e. The lowest BCUT2D eigenvalue weighted by Gasteiger charge is -2.37. The van der Waals surface area contributed by atoms with Gasteiger partial charge in [0.2, 0.25) is 0 Å². The molecule has 7 nitrogen and oxygen atoms in total. The summed E-state index contributed by atoms with van der Waals surface area (Å²) < 4.78 is 5.55. The van der Waals surface area contributed by atoms with E-state index in [2.05, 4.69) is 15.5 Å². The zero-order valence-corrected chi connectivity index (χ0v) is 13.9. The Morgan fingerprint density at radius 2 is 2.04 bits per heavy atom. The van der Waals surface area contributed by atoms with Crippen LogP contribution in [0.1, 0.15) is 25.7 Å². The average molecular weight is 361 g/mol. The van der Waals surface area contributed by atoms with Crippen LogP contribution in [0.3, 0.4) is 0 Å². The van der Waals surface area contributed by atoms with Crippen molar-refractivity contribution in [3.63, 3.8) is 0 Å². The van der Waals surface area contributed by atoms with Gasteiger partial charge in [-0.05, 0) is 25.7 Å². The molecule has 3 atom stereocenters. The maximum atomic E-state index is 11.2. The molecular formula is C14H18Cl2N4O3. The van der Waals surface area contributed by atoms with Gasteiger partial charge in [-0.1, -0.05) is 23.2 Å². The van der Waals surface area contributed by atoms with Crippen LogP contribution in [-0.2, 0) is 0 Å². The van der Waals surface area contributed by atoms with E-state index >= 15 is 0 Å². The summed E-state index contributed by atoms with van der Waals surface area (Å²) >= 11 is 11.6. The van der Waals surface area contributed by atoms with Crippen LogP contribution >= 0.6 is 23.2 Å². The van der Waals surface area contributed by atoms with Crippen molar-refractivity contribution in [2.24, 2.45) is 0 Å². The lowest BCUT2D eigenvalue weighted by Crippen LogP contribution is -2.51. The number of fused-ring (bicyclic) bond motifs is 2. The summed E-state index contributed by atoms with van der Waals surface area (Å²) in [6.07, 6.45) is 2.83. The Morgan fingerprint density at radius 3 is 2.70 bits per heavy atom. The maximum absolute atomic E-state index is 11.2. The average Bonchev–Trinajstić information content (AvgIpc) is 2.79. The van der Waals surface area contributed by atoms with Gasteiger partial charge in [-0.15, -0.1) is 10.2 Å². The van der Waals surface area contributed by atoms with Gasteiger partial charge in [-0.2, -0.15) is 0 Å². The second-order valence-electron chi connectivity index (χ2n) is 5.87. The van der Waals surface area contributed by atoms with Crippen molar-refractivity contribution in [2.75, 3.05) is 13.2 Å². The fourth-order valence-corrected chi connectivity index (χ4v) is 3.80. The Bertz CT molecular complexity index is 575. The third-order valence-electron chi connectivity index (χ3n) is 4.43. The van der Waals surface area contributed by atoms with Crippen molar-refractivity contribution in [3.05, 3.63) is 16.4 Å². The van der Waals surface area contributed by atoms with E-state index in [-0.39, 0.29) is 22.4 Å². The van der Waals surface area contributed by atoms with Crippen molar-refractivity contribution in [1.82, 2.24) is 20.4 Å². The molecule has 0 unspecified atom stereocenters. The molecule has 2 N–H and O–H groups in total. The highest BCUT2D eigenvalue weighted by Gasteiger charge is 2.43. The van der Waals surface area contributed by atoms with Crippen molar-refractivity contribution in [1.29, 1.82) is 0 Å². The molecule has 126 valence electrons. The summed E-state index contributed by atoms with van der Waals surface area (Å²) in [6, 6.07) is 2.13. The molecule has 0 saturated carbocycles. The highest BCUT2D eigenvalue weighted by Crippen LogP contribution is 2.35. The van der Waals surface area contributed by atoms with Crippen molar-refractivity contribution < 1.29 is 14.6 Å². The van der Waals surface area contributed by atoms with E-state index in [4.69, 9.17) is 27.9 Å².